The number of anilines is 1. The molecule has 74 valence electrons. The number of hydrogen-bond donors (Lipinski definition) is 2. The van der Waals surface area contributed by atoms with Gasteiger partial charge >= 0.3 is 0 Å². The zero-order chi connectivity index (χ0) is 10.6. The third kappa shape index (κ3) is 2.75. The lowest BCUT2D eigenvalue weighted by Crippen LogP contribution is -2.15. The van der Waals surface area contributed by atoms with Crippen molar-refractivity contribution >= 4 is 5.69 Å². The summed E-state index contributed by atoms with van der Waals surface area (Å²) in [5, 5.41) is 8.77. The van der Waals surface area contributed by atoms with Crippen molar-refractivity contribution in [1.82, 2.24) is 0 Å². The third-order valence-corrected chi connectivity index (χ3v) is 2.13. The molecule has 3 nitrogen and oxygen atoms in total. The molecule has 1 aromatic carbocycles. The van der Waals surface area contributed by atoms with Gasteiger partial charge in [0, 0.05) is 11.7 Å². The Kier molecular flexibility index (Phi) is 3.49. The van der Waals surface area contributed by atoms with Crippen molar-refractivity contribution in [2.45, 2.75) is 25.8 Å². The predicted molar refractivity (Wildman–Crippen MR) is 57.5 cm³/mol. The quantitative estimate of drug-likeness (QED) is 0.706. The summed E-state index contributed by atoms with van der Waals surface area (Å²) in [5.41, 5.74) is 13.5. The molecule has 0 heterocycles. The van der Waals surface area contributed by atoms with Crippen LogP contribution in [0.4, 0.5) is 5.69 Å². The highest BCUT2D eigenvalue weighted by Gasteiger charge is 2.01. The summed E-state index contributed by atoms with van der Waals surface area (Å²) in [6.07, 6.45) is 1.82. The van der Waals surface area contributed by atoms with Crippen molar-refractivity contribution in [3.05, 3.63) is 29.3 Å². The van der Waals surface area contributed by atoms with Crippen molar-refractivity contribution in [2.24, 2.45) is 5.73 Å². The summed E-state index contributed by atoms with van der Waals surface area (Å²) in [6, 6.07) is 7.81. The number of nitrogen functional groups attached to an aromatic ring is 1. The molecule has 0 fully saturated rings. The van der Waals surface area contributed by atoms with E-state index in [0.29, 0.717) is 11.3 Å². The van der Waals surface area contributed by atoms with Gasteiger partial charge in [-0.25, -0.2) is 0 Å². The van der Waals surface area contributed by atoms with Gasteiger partial charge < -0.3 is 11.5 Å². The average Bonchev–Trinajstić information content (AvgIpc) is 2.16. The molecule has 4 N–H and O–H groups in total. The Morgan fingerprint density at radius 3 is 2.79 bits per heavy atom. The predicted octanol–water partition coefficient (Wildman–Crippen LogP) is 1.42. The zero-order valence-electron chi connectivity index (χ0n) is 8.33. The summed E-state index contributed by atoms with van der Waals surface area (Å²) in [4.78, 5) is 0. The Labute approximate surface area is 84.3 Å². The highest BCUT2D eigenvalue weighted by atomic mass is 14.6. The zero-order valence-corrected chi connectivity index (χ0v) is 8.33. The molecular weight excluding hydrogens is 174 g/mol. The molecule has 3 heteroatoms. The van der Waals surface area contributed by atoms with E-state index in [1.54, 1.807) is 6.07 Å². The van der Waals surface area contributed by atoms with E-state index in [1.165, 1.54) is 0 Å². The van der Waals surface area contributed by atoms with Crippen LogP contribution in [0.1, 0.15) is 24.5 Å². The highest BCUT2D eigenvalue weighted by Crippen LogP contribution is 2.14. The monoisotopic (exact) mass is 189 g/mol. The summed E-state index contributed by atoms with van der Waals surface area (Å²) in [6.45, 7) is 1.97. The van der Waals surface area contributed by atoms with E-state index in [-0.39, 0.29) is 6.04 Å². The van der Waals surface area contributed by atoms with Crippen molar-refractivity contribution in [3.8, 4) is 6.07 Å². The maximum Gasteiger partial charge on any atom is 0.101 e. The first kappa shape index (κ1) is 10.6. The Bertz CT molecular complexity index is 350. The molecule has 1 rings (SSSR count). The van der Waals surface area contributed by atoms with Gasteiger partial charge in [0.25, 0.3) is 0 Å². The molecule has 1 atom stereocenters. The van der Waals surface area contributed by atoms with Crippen molar-refractivity contribution in [3.63, 3.8) is 0 Å². The van der Waals surface area contributed by atoms with Crippen molar-refractivity contribution in [2.75, 3.05) is 5.73 Å². The molecule has 0 aliphatic carbocycles. The molecule has 0 bridgehead atoms. The van der Waals surface area contributed by atoms with Gasteiger partial charge in [0.1, 0.15) is 6.07 Å². The van der Waals surface area contributed by atoms with Gasteiger partial charge in [-0.2, -0.15) is 5.26 Å². The second kappa shape index (κ2) is 4.64. The molecule has 0 amide bonds. The van der Waals surface area contributed by atoms with E-state index in [4.69, 9.17) is 16.7 Å². The molecule has 0 spiro atoms. The molecular formula is C11H15N3. The molecule has 14 heavy (non-hydrogen) atoms. The molecule has 0 unspecified atom stereocenters. The van der Waals surface area contributed by atoms with Crippen LogP contribution in [-0.2, 0) is 6.42 Å². The number of nitrogens with zero attached hydrogens (tertiary/aromatic N) is 1. The second-order valence-electron chi connectivity index (χ2n) is 3.55. The number of nitrogens with two attached hydrogens (primary N) is 2. The summed E-state index contributed by atoms with van der Waals surface area (Å²) >= 11 is 0. The largest absolute Gasteiger partial charge is 0.398 e. The number of benzene rings is 1. The van der Waals surface area contributed by atoms with Gasteiger partial charge in [-0.3, -0.25) is 0 Å². The normalized spacial score (nSPS) is 12.1. The maximum absolute atomic E-state index is 8.77. The van der Waals surface area contributed by atoms with E-state index in [0.717, 1.165) is 18.4 Å². The van der Waals surface area contributed by atoms with Crippen LogP contribution in [0.5, 0.6) is 0 Å². The van der Waals surface area contributed by atoms with E-state index in [9.17, 15) is 0 Å². The molecule has 0 radical (unpaired) electrons. The fourth-order valence-electron chi connectivity index (χ4n) is 1.25. The average molecular weight is 189 g/mol. The van der Waals surface area contributed by atoms with Crippen LogP contribution >= 0.6 is 0 Å². The lowest BCUT2D eigenvalue weighted by molar-refractivity contribution is 0.666. The first-order valence-electron chi connectivity index (χ1n) is 4.67. The second-order valence-corrected chi connectivity index (χ2v) is 3.55. The topological polar surface area (TPSA) is 75.8 Å². The Morgan fingerprint density at radius 2 is 2.21 bits per heavy atom. The van der Waals surface area contributed by atoms with E-state index < -0.39 is 0 Å². The van der Waals surface area contributed by atoms with Crippen LogP contribution in [0.25, 0.3) is 0 Å². The van der Waals surface area contributed by atoms with Gasteiger partial charge in [0.2, 0.25) is 0 Å². The summed E-state index contributed by atoms with van der Waals surface area (Å²) in [7, 11) is 0. The van der Waals surface area contributed by atoms with Gasteiger partial charge in [-0.05, 0) is 37.5 Å². The first-order valence-corrected chi connectivity index (χ1v) is 4.67. The van der Waals surface area contributed by atoms with Crippen LogP contribution in [0, 0.1) is 11.3 Å². The van der Waals surface area contributed by atoms with E-state index in [1.807, 2.05) is 19.1 Å². The SMILES string of the molecule is C[C@H](N)CCc1ccc(N)c(C#N)c1. The fraction of sp³-hybridized carbons (Fsp3) is 0.364. The van der Waals surface area contributed by atoms with Crippen LogP contribution in [0.2, 0.25) is 0 Å². The molecule has 0 aliphatic heterocycles. The fourth-order valence-corrected chi connectivity index (χ4v) is 1.25. The van der Waals surface area contributed by atoms with Gasteiger partial charge in [-0.1, -0.05) is 6.07 Å². The highest BCUT2D eigenvalue weighted by molar-refractivity contribution is 5.55. The molecule has 0 saturated carbocycles. The number of hydrogen-bond acceptors (Lipinski definition) is 3. The van der Waals surface area contributed by atoms with Crippen LogP contribution in [0.3, 0.4) is 0 Å². The van der Waals surface area contributed by atoms with Gasteiger partial charge in [-0.15, -0.1) is 0 Å². The number of aryl methyl sites for hydroxylation is 1. The minimum absolute atomic E-state index is 0.193. The minimum Gasteiger partial charge on any atom is -0.398 e. The molecule has 0 saturated heterocycles. The standard InChI is InChI=1S/C11H15N3/c1-8(13)2-3-9-4-5-11(14)10(6-9)7-12/h4-6,8H,2-3,13-14H2,1H3/t8-/m0/s1. The smallest absolute Gasteiger partial charge is 0.101 e. The van der Waals surface area contributed by atoms with Gasteiger partial charge in [0.15, 0.2) is 0 Å². The number of rotatable bonds is 3. The van der Waals surface area contributed by atoms with Crippen LogP contribution in [-0.4, -0.2) is 6.04 Å². The van der Waals surface area contributed by atoms with E-state index in [2.05, 4.69) is 6.07 Å². The van der Waals surface area contributed by atoms with Gasteiger partial charge in [0.05, 0.1) is 5.56 Å². The third-order valence-electron chi connectivity index (χ3n) is 2.13. The summed E-state index contributed by atoms with van der Waals surface area (Å²) < 4.78 is 0. The number of nitriles is 1. The van der Waals surface area contributed by atoms with Crippen molar-refractivity contribution in [1.29, 1.82) is 5.26 Å². The maximum atomic E-state index is 8.77. The molecule has 1 aromatic rings. The molecule has 0 aliphatic rings. The lowest BCUT2D eigenvalue weighted by Gasteiger charge is -2.06. The van der Waals surface area contributed by atoms with Crippen molar-refractivity contribution < 1.29 is 0 Å². The lowest BCUT2D eigenvalue weighted by atomic mass is 10.0. The molecule has 0 aromatic heterocycles. The Hall–Kier alpha value is -1.53. The minimum atomic E-state index is 0.193. The van der Waals surface area contributed by atoms with Crippen LogP contribution in [0.15, 0.2) is 18.2 Å². The Balaban J connectivity index is 2.76. The Morgan fingerprint density at radius 1 is 1.50 bits per heavy atom. The summed E-state index contributed by atoms with van der Waals surface area (Å²) in [5.74, 6) is 0. The van der Waals surface area contributed by atoms with Crippen LogP contribution < -0.4 is 11.5 Å². The van der Waals surface area contributed by atoms with E-state index >= 15 is 0 Å². The first-order chi connectivity index (χ1) is 6.63.